The van der Waals surface area contributed by atoms with E-state index in [0.29, 0.717) is 39.1 Å². The molecule has 112 valence electrons. The van der Waals surface area contributed by atoms with Gasteiger partial charge in [0.15, 0.2) is 0 Å². The van der Waals surface area contributed by atoms with Gasteiger partial charge in [0.1, 0.15) is 0 Å². The summed E-state index contributed by atoms with van der Waals surface area (Å²) in [6.45, 7) is 2.13. The molecular weight excluding hydrogens is 344 g/mol. The smallest absolute Gasteiger partial charge is 0.227 e. The number of halogens is 2. The second-order valence-electron chi connectivity index (χ2n) is 4.91. The number of rotatable bonds is 4. The second kappa shape index (κ2) is 7.98. The molecule has 0 spiro atoms. The molecule has 1 aromatic carbocycles. The lowest BCUT2D eigenvalue weighted by atomic mass is 9.79. The molecule has 0 radical (unpaired) electrons. The van der Waals surface area contributed by atoms with Crippen LogP contribution >= 0.6 is 28.3 Å². The lowest BCUT2D eigenvalue weighted by Gasteiger charge is -2.34. The fraction of sp³-hybridized carbons (Fsp3) is 0.500. The van der Waals surface area contributed by atoms with Crippen LogP contribution in [-0.4, -0.2) is 25.7 Å². The minimum Gasteiger partial charge on any atom is -0.381 e. The summed E-state index contributed by atoms with van der Waals surface area (Å²) in [4.78, 5) is 12.4. The summed E-state index contributed by atoms with van der Waals surface area (Å²) in [5, 5.41) is 2.99. The Balaban J connectivity index is 0.00000200. The van der Waals surface area contributed by atoms with Gasteiger partial charge in [-0.3, -0.25) is 4.79 Å². The molecule has 20 heavy (non-hydrogen) atoms. The van der Waals surface area contributed by atoms with Crippen LogP contribution in [0.15, 0.2) is 28.7 Å². The third-order valence-electron chi connectivity index (χ3n) is 3.66. The van der Waals surface area contributed by atoms with Gasteiger partial charge >= 0.3 is 0 Å². The number of hydrogen-bond donors (Lipinski definition) is 2. The van der Waals surface area contributed by atoms with Gasteiger partial charge in [-0.25, -0.2) is 0 Å². The molecule has 0 aromatic heterocycles. The molecule has 1 amide bonds. The van der Waals surface area contributed by atoms with Crippen LogP contribution in [0.4, 0.5) is 0 Å². The molecule has 1 aromatic rings. The van der Waals surface area contributed by atoms with Gasteiger partial charge in [0.05, 0.1) is 5.41 Å². The molecule has 3 N–H and O–H groups in total. The number of carbonyl (C=O) groups is 1. The molecule has 0 unspecified atom stereocenters. The zero-order valence-corrected chi connectivity index (χ0v) is 13.6. The summed E-state index contributed by atoms with van der Waals surface area (Å²) < 4.78 is 6.33. The summed E-state index contributed by atoms with van der Waals surface area (Å²) in [5.74, 6) is 0.0401. The van der Waals surface area contributed by atoms with Gasteiger partial charge in [0, 0.05) is 30.8 Å². The van der Waals surface area contributed by atoms with Crippen molar-refractivity contribution in [1.29, 1.82) is 0 Å². The molecule has 6 heteroatoms. The Hall–Kier alpha value is -0.620. The van der Waals surface area contributed by atoms with Gasteiger partial charge in [-0.05, 0) is 30.5 Å². The average Bonchev–Trinajstić information content (AvgIpc) is 2.45. The van der Waals surface area contributed by atoms with E-state index in [1.807, 2.05) is 24.3 Å². The van der Waals surface area contributed by atoms with Gasteiger partial charge in [0.25, 0.3) is 0 Å². The molecular formula is C14H20BrClN2O2. The van der Waals surface area contributed by atoms with Crippen LogP contribution < -0.4 is 11.1 Å². The van der Waals surface area contributed by atoms with Crippen molar-refractivity contribution >= 4 is 34.2 Å². The van der Waals surface area contributed by atoms with Gasteiger partial charge < -0.3 is 15.8 Å². The van der Waals surface area contributed by atoms with E-state index in [-0.39, 0.29) is 18.3 Å². The van der Waals surface area contributed by atoms with Crippen molar-refractivity contribution < 1.29 is 9.53 Å². The molecule has 1 heterocycles. The molecule has 0 saturated carbocycles. The minimum atomic E-state index is -0.454. The third-order valence-corrected chi connectivity index (χ3v) is 4.16. The lowest BCUT2D eigenvalue weighted by molar-refractivity contribution is -0.136. The number of ether oxygens (including phenoxy) is 1. The average molecular weight is 364 g/mol. The van der Waals surface area contributed by atoms with E-state index < -0.39 is 5.41 Å². The molecule has 1 fully saturated rings. The predicted molar refractivity (Wildman–Crippen MR) is 84.8 cm³/mol. The second-order valence-corrected chi connectivity index (χ2v) is 5.83. The van der Waals surface area contributed by atoms with E-state index >= 15 is 0 Å². The first-order valence-corrected chi connectivity index (χ1v) is 7.26. The fourth-order valence-electron chi connectivity index (χ4n) is 2.30. The van der Waals surface area contributed by atoms with Crippen molar-refractivity contribution in [2.75, 3.05) is 19.8 Å². The maximum atomic E-state index is 12.4. The number of nitrogens with one attached hydrogen (secondary N) is 1. The number of hydrogen-bond acceptors (Lipinski definition) is 3. The van der Waals surface area contributed by atoms with Crippen LogP contribution in [0.5, 0.6) is 0 Å². The van der Waals surface area contributed by atoms with E-state index in [9.17, 15) is 4.79 Å². The van der Waals surface area contributed by atoms with Crippen LogP contribution in [0.2, 0.25) is 0 Å². The van der Waals surface area contributed by atoms with Gasteiger partial charge in [0.2, 0.25) is 5.91 Å². The summed E-state index contributed by atoms with van der Waals surface area (Å²) in [5.41, 5.74) is 6.43. The van der Waals surface area contributed by atoms with Gasteiger partial charge in [-0.2, -0.15) is 0 Å². The van der Waals surface area contributed by atoms with E-state index in [1.165, 1.54) is 0 Å². The van der Waals surface area contributed by atoms with Crippen molar-refractivity contribution in [3.63, 3.8) is 0 Å². The fourth-order valence-corrected chi connectivity index (χ4v) is 2.75. The van der Waals surface area contributed by atoms with Gasteiger partial charge in [-0.15, -0.1) is 12.4 Å². The number of carbonyl (C=O) groups excluding carboxylic acids is 1. The Bertz CT molecular complexity index is 451. The lowest BCUT2D eigenvalue weighted by Crippen LogP contribution is -2.48. The normalized spacial score (nSPS) is 17.1. The number of nitrogens with two attached hydrogens (primary N) is 1. The predicted octanol–water partition coefficient (Wildman–Crippen LogP) is 2.24. The third kappa shape index (κ3) is 4.19. The molecule has 2 rings (SSSR count). The molecule has 4 nitrogen and oxygen atoms in total. The molecule has 0 aliphatic carbocycles. The quantitative estimate of drug-likeness (QED) is 0.862. The van der Waals surface area contributed by atoms with Crippen molar-refractivity contribution in [2.24, 2.45) is 11.1 Å². The Morgan fingerprint density at radius 2 is 2.10 bits per heavy atom. The Kier molecular flexibility index (Phi) is 6.95. The Morgan fingerprint density at radius 3 is 2.70 bits per heavy atom. The monoisotopic (exact) mass is 362 g/mol. The summed E-state index contributed by atoms with van der Waals surface area (Å²) in [6, 6.07) is 7.91. The maximum Gasteiger partial charge on any atom is 0.227 e. The summed E-state index contributed by atoms with van der Waals surface area (Å²) in [7, 11) is 0. The van der Waals surface area contributed by atoms with Crippen molar-refractivity contribution in [3.8, 4) is 0 Å². The maximum absolute atomic E-state index is 12.4. The first kappa shape index (κ1) is 17.4. The van der Waals surface area contributed by atoms with E-state index in [0.717, 1.165) is 10.0 Å². The van der Waals surface area contributed by atoms with Crippen LogP contribution in [-0.2, 0) is 16.1 Å². The zero-order chi connectivity index (χ0) is 13.7. The Labute approximate surface area is 134 Å². The van der Waals surface area contributed by atoms with Crippen molar-refractivity contribution in [1.82, 2.24) is 5.32 Å². The SMILES string of the molecule is Cl.NCC1(C(=O)NCc2cccc(Br)c2)CCOCC1. The molecule has 1 saturated heterocycles. The first-order valence-electron chi connectivity index (χ1n) is 6.47. The molecule has 0 bridgehead atoms. The summed E-state index contributed by atoms with van der Waals surface area (Å²) in [6.07, 6.45) is 1.40. The number of amides is 1. The van der Waals surface area contributed by atoms with Gasteiger partial charge in [-0.1, -0.05) is 28.1 Å². The highest BCUT2D eigenvalue weighted by atomic mass is 79.9. The highest BCUT2D eigenvalue weighted by Gasteiger charge is 2.38. The van der Waals surface area contributed by atoms with E-state index in [4.69, 9.17) is 10.5 Å². The molecule has 1 aliphatic rings. The van der Waals surface area contributed by atoms with Crippen LogP contribution in [0.1, 0.15) is 18.4 Å². The van der Waals surface area contributed by atoms with Crippen LogP contribution in [0.3, 0.4) is 0 Å². The minimum absolute atomic E-state index is 0. The largest absolute Gasteiger partial charge is 0.381 e. The summed E-state index contributed by atoms with van der Waals surface area (Å²) >= 11 is 3.42. The first-order chi connectivity index (χ1) is 9.16. The molecule has 0 atom stereocenters. The van der Waals surface area contributed by atoms with Crippen molar-refractivity contribution in [2.45, 2.75) is 19.4 Å². The highest BCUT2D eigenvalue weighted by Crippen LogP contribution is 2.29. The zero-order valence-electron chi connectivity index (χ0n) is 11.2. The topological polar surface area (TPSA) is 64.4 Å². The van der Waals surface area contributed by atoms with E-state index in [1.54, 1.807) is 0 Å². The number of benzene rings is 1. The van der Waals surface area contributed by atoms with Crippen LogP contribution in [0, 0.1) is 5.41 Å². The standard InChI is InChI=1S/C14H19BrN2O2.ClH/c15-12-3-1-2-11(8-12)9-17-13(18)14(10-16)4-6-19-7-5-14;/h1-3,8H,4-7,9-10,16H2,(H,17,18);1H. The Morgan fingerprint density at radius 1 is 1.40 bits per heavy atom. The van der Waals surface area contributed by atoms with Crippen molar-refractivity contribution in [3.05, 3.63) is 34.3 Å². The van der Waals surface area contributed by atoms with Crippen LogP contribution in [0.25, 0.3) is 0 Å². The van der Waals surface area contributed by atoms with E-state index in [2.05, 4.69) is 21.2 Å². The highest BCUT2D eigenvalue weighted by molar-refractivity contribution is 9.10. The molecule has 1 aliphatic heterocycles.